The van der Waals surface area contributed by atoms with Crippen LogP contribution in [0.25, 0.3) is 11.1 Å². The molecular formula is C24H31N5O4. The molecule has 4 rings (SSSR count). The Bertz CT molecular complexity index is 1050. The van der Waals surface area contributed by atoms with Crippen molar-refractivity contribution >= 4 is 29.8 Å². The molecule has 2 amide bonds. The van der Waals surface area contributed by atoms with Crippen LogP contribution < -0.4 is 9.80 Å². The van der Waals surface area contributed by atoms with Gasteiger partial charge in [0.15, 0.2) is 0 Å². The molecule has 9 nitrogen and oxygen atoms in total. The lowest BCUT2D eigenvalue weighted by Crippen LogP contribution is -2.52. The lowest BCUT2D eigenvalue weighted by Gasteiger charge is -2.40. The average Bonchev–Trinajstić information content (AvgIpc) is 3.26. The summed E-state index contributed by atoms with van der Waals surface area (Å²) in [5.41, 5.74) is 3.08. The van der Waals surface area contributed by atoms with E-state index < -0.39 is 12.2 Å². The van der Waals surface area contributed by atoms with E-state index in [2.05, 4.69) is 10.1 Å². The van der Waals surface area contributed by atoms with Gasteiger partial charge >= 0.3 is 12.2 Å². The number of aromatic nitrogens is 2. The van der Waals surface area contributed by atoms with Crippen LogP contribution in [0.3, 0.4) is 0 Å². The number of benzene rings is 1. The summed E-state index contributed by atoms with van der Waals surface area (Å²) in [6, 6.07) is 5.43. The lowest BCUT2D eigenvalue weighted by atomic mass is 10.0. The van der Waals surface area contributed by atoms with E-state index in [-0.39, 0.29) is 12.1 Å². The summed E-state index contributed by atoms with van der Waals surface area (Å²) in [5.74, 6) is 0.537. The number of nitrogens with zero attached hydrogens (tertiary/aromatic N) is 5. The molecule has 33 heavy (non-hydrogen) atoms. The Hall–Kier alpha value is -3.36. The molecule has 2 aromatic rings. The van der Waals surface area contributed by atoms with Gasteiger partial charge in [0, 0.05) is 24.8 Å². The highest BCUT2D eigenvalue weighted by Gasteiger charge is 2.36. The number of fused-ring (bicyclic) bond motifs is 1. The van der Waals surface area contributed by atoms with E-state index in [9.17, 15) is 9.59 Å². The van der Waals surface area contributed by atoms with Crippen molar-refractivity contribution < 1.29 is 19.1 Å². The van der Waals surface area contributed by atoms with Crippen molar-refractivity contribution in [3.8, 4) is 11.1 Å². The molecule has 0 saturated carbocycles. The van der Waals surface area contributed by atoms with Crippen molar-refractivity contribution in [1.29, 1.82) is 0 Å². The third-order valence-electron chi connectivity index (χ3n) is 5.99. The largest absolute Gasteiger partial charge is 0.452 e. The molecule has 1 aromatic carbocycles. The zero-order valence-electron chi connectivity index (χ0n) is 19.6. The van der Waals surface area contributed by atoms with E-state index >= 15 is 0 Å². The molecule has 2 aliphatic heterocycles. The molecule has 0 N–H and O–H groups in total. The molecule has 176 valence electrons. The smallest absolute Gasteiger partial charge is 0.414 e. The van der Waals surface area contributed by atoms with Gasteiger partial charge in [0.05, 0.1) is 43.4 Å². The Morgan fingerprint density at radius 3 is 2.70 bits per heavy atom. The minimum absolute atomic E-state index is 0.249. The minimum Gasteiger partial charge on any atom is -0.452 e. The highest BCUT2D eigenvalue weighted by molar-refractivity contribution is 6.01. The fourth-order valence-electron chi connectivity index (χ4n) is 4.35. The standard InChI is InChI=1S/C24H31N5O4/c1-16(2)33-23(30)28-13-17(3)29(24(31)32-4)21-6-5-19(11-22(21)28)20-12-26-27(15-20)14-18-7-9-25-10-8-18/h5-6,9,11-12,15-18H,7-8,10,13-14H2,1-4H3. The van der Waals surface area contributed by atoms with E-state index in [0.29, 0.717) is 23.8 Å². The van der Waals surface area contributed by atoms with Crippen molar-refractivity contribution in [2.24, 2.45) is 10.9 Å². The lowest BCUT2D eigenvalue weighted by molar-refractivity contribution is 0.121. The van der Waals surface area contributed by atoms with Crippen LogP contribution in [-0.2, 0) is 16.0 Å². The van der Waals surface area contributed by atoms with E-state index in [1.54, 1.807) is 9.80 Å². The van der Waals surface area contributed by atoms with Crippen LogP contribution in [0, 0.1) is 5.92 Å². The highest BCUT2D eigenvalue weighted by atomic mass is 16.6. The minimum atomic E-state index is -0.461. The summed E-state index contributed by atoms with van der Waals surface area (Å²) < 4.78 is 12.4. The fourth-order valence-corrected chi connectivity index (χ4v) is 4.35. The predicted octanol–water partition coefficient (Wildman–Crippen LogP) is 4.36. The molecule has 1 aromatic heterocycles. The van der Waals surface area contributed by atoms with Gasteiger partial charge in [0.25, 0.3) is 0 Å². The Labute approximate surface area is 194 Å². The van der Waals surface area contributed by atoms with Crippen molar-refractivity contribution in [2.75, 3.05) is 30.0 Å². The first kappa shape index (κ1) is 22.8. The summed E-state index contributed by atoms with van der Waals surface area (Å²) >= 11 is 0. The first-order chi connectivity index (χ1) is 15.9. The second-order valence-corrected chi connectivity index (χ2v) is 8.87. The van der Waals surface area contributed by atoms with Gasteiger partial charge in [-0.25, -0.2) is 9.59 Å². The van der Waals surface area contributed by atoms with E-state index in [0.717, 1.165) is 37.1 Å². The highest BCUT2D eigenvalue weighted by Crippen LogP contribution is 2.39. The summed E-state index contributed by atoms with van der Waals surface area (Å²) in [6.07, 6.45) is 6.75. The summed E-state index contributed by atoms with van der Waals surface area (Å²) in [7, 11) is 1.36. The predicted molar refractivity (Wildman–Crippen MR) is 127 cm³/mol. The Kier molecular flexibility index (Phi) is 6.67. The normalized spacial score (nSPS) is 20.0. The molecule has 2 atom stereocenters. The molecule has 0 radical (unpaired) electrons. The Morgan fingerprint density at radius 1 is 1.18 bits per heavy atom. The van der Waals surface area contributed by atoms with Gasteiger partial charge in [0.2, 0.25) is 0 Å². The zero-order valence-corrected chi connectivity index (χ0v) is 19.6. The molecule has 2 unspecified atom stereocenters. The van der Waals surface area contributed by atoms with Crippen LogP contribution >= 0.6 is 0 Å². The van der Waals surface area contributed by atoms with Gasteiger partial charge in [-0.3, -0.25) is 19.5 Å². The fraction of sp³-hybridized carbons (Fsp3) is 0.500. The molecule has 2 aliphatic rings. The number of anilines is 2. The number of aliphatic imine (C=N–C) groups is 1. The molecule has 3 heterocycles. The molecule has 9 heteroatoms. The van der Waals surface area contributed by atoms with Crippen LogP contribution in [-0.4, -0.2) is 60.5 Å². The number of carbonyl (C=O) groups excluding carboxylic acids is 2. The summed E-state index contributed by atoms with van der Waals surface area (Å²) in [4.78, 5) is 32.8. The molecule has 0 fully saturated rings. The van der Waals surface area contributed by atoms with Gasteiger partial charge < -0.3 is 9.47 Å². The van der Waals surface area contributed by atoms with Gasteiger partial charge in [-0.1, -0.05) is 6.07 Å². The molecule has 0 bridgehead atoms. The van der Waals surface area contributed by atoms with E-state index in [1.165, 1.54) is 7.11 Å². The van der Waals surface area contributed by atoms with Crippen LogP contribution in [0.5, 0.6) is 0 Å². The zero-order chi connectivity index (χ0) is 23.5. The second kappa shape index (κ2) is 9.64. The summed E-state index contributed by atoms with van der Waals surface area (Å²) in [5, 5.41) is 4.54. The van der Waals surface area contributed by atoms with Crippen molar-refractivity contribution in [3.05, 3.63) is 30.6 Å². The Morgan fingerprint density at radius 2 is 2.00 bits per heavy atom. The molecule has 0 spiro atoms. The number of amides is 2. The van der Waals surface area contributed by atoms with Crippen molar-refractivity contribution in [1.82, 2.24) is 9.78 Å². The monoisotopic (exact) mass is 453 g/mol. The maximum Gasteiger partial charge on any atom is 0.414 e. The van der Waals surface area contributed by atoms with Crippen molar-refractivity contribution in [2.45, 2.75) is 52.3 Å². The molecule has 0 aliphatic carbocycles. The van der Waals surface area contributed by atoms with Gasteiger partial charge in [-0.2, -0.15) is 5.10 Å². The van der Waals surface area contributed by atoms with Crippen LogP contribution in [0.4, 0.5) is 21.0 Å². The van der Waals surface area contributed by atoms with Gasteiger partial charge in [-0.05, 0) is 63.4 Å². The Balaban J connectivity index is 1.66. The van der Waals surface area contributed by atoms with E-state index in [4.69, 9.17) is 9.47 Å². The second-order valence-electron chi connectivity index (χ2n) is 8.87. The number of methoxy groups -OCH3 is 1. The van der Waals surface area contributed by atoms with Gasteiger partial charge in [0.1, 0.15) is 0 Å². The maximum absolute atomic E-state index is 12.9. The SMILES string of the molecule is COC(=O)N1c2ccc(-c3cnn(CC4CC=NCC4)c3)cc2N(C(=O)OC(C)C)CC1C. The van der Waals surface area contributed by atoms with Crippen LogP contribution in [0.2, 0.25) is 0 Å². The number of hydrogen-bond donors (Lipinski definition) is 0. The topological polar surface area (TPSA) is 89.3 Å². The number of ether oxygens (including phenoxy) is 2. The number of carbonyl (C=O) groups is 2. The van der Waals surface area contributed by atoms with Crippen LogP contribution in [0.1, 0.15) is 33.6 Å². The molecular weight excluding hydrogens is 422 g/mol. The number of hydrogen-bond acceptors (Lipinski definition) is 6. The summed E-state index contributed by atoms with van der Waals surface area (Å²) in [6.45, 7) is 7.54. The third kappa shape index (κ3) is 4.86. The molecule has 0 saturated heterocycles. The first-order valence-electron chi connectivity index (χ1n) is 11.4. The average molecular weight is 454 g/mol. The maximum atomic E-state index is 12.9. The van der Waals surface area contributed by atoms with Crippen LogP contribution in [0.15, 0.2) is 35.6 Å². The van der Waals surface area contributed by atoms with Gasteiger partial charge in [-0.15, -0.1) is 0 Å². The van der Waals surface area contributed by atoms with E-state index in [1.807, 2.05) is 62.3 Å². The third-order valence-corrected chi connectivity index (χ3v) is 5.99. The quantitative estimate of drug-likeness (QED) is 0.686. The number of rotatable bonds is 4. The first-order valence-corrected chi connectivity index (χ1v) is 11.4. The van der Waals surface area contributed by atoms with Crippen molar-refractivity contribution in [3.63, 3.8) is 0 Å².